The van der Waals surface area contributed by atoms with E-state index < -0.39 is 0 Å². The first kappa shape index (κ1) is 16.4. The molecule has 0 aliphatic heterocycles. The average Bonchev–Trinajstić information content (AvgIpc) is 2.44. The van der Waals surface area contributed by atoms with Crippen LogP contribution in [-0.2, 0) is 11.3 Å². The minimum Gasteiger partial charge on any atom is -0.340 e. The number of nitrogens with two attached hydrogens (primary N) is 1. The molecule has 0 fully saturated rings. The first-order valence-corrected chi connectivity index (χ1v) is 8.82. The molecule has 1 amide bonds. The van der Waals surface area contributed by atoms with Crippen LogP contribution in [0.1, 0.15) is 12.0 Å². The fourth-order valence-electron chi connectivity index (χ4n) is 1.73. The highest BCUT2D eigenvalue weighted by molar-refractivity contribution is 7.98. The van der Waals surface area contributed by atoms with Crippen molar-refractivity contribution in [3.05, 3.63) is 29.8 Å². The van der Waals surface area contributed by atoms with Crippen molar-refractivity contribution in [3.63, 3.8) is 0 Å². The van der Waals surface area contributed by atoms with E-state index in [9.17, 15) is 4.79 Å². The second-order valence-corrected chi connectivity index (χ2v) is 6.30. The molecule has 106 valence electrons. The maximum Gasteiger partial charge on any atom is 0.239 e. The first-order chi connectivity index (χ1) is 9.08. The minimum atomic E-state index is -0.386. The van der Waals surface area contributed by atoms with Crippen molar-refractivity contribution in [3.8, 4) is 0 Å². The van der Waals surface area contributed by atoms with Gasteiger partial charge >= 0.3 is 0 Å². The van der Waals surface area contributed by atoms with Crippen LogP contribution in [0.2, 0.25) is 0 Å². The number of thioether (sulfide) groups is 2. The molecule has 0 bridgehead atoms. The van der Waals surface area contributed by atoms with Crippen molar-refractivity contribution in [2.45, 2.75) is 23.9 Å². The standard InChI is InChI=1S/C14H22N2OS2/c1-16(14(17)13(15)8-9-18-2)10-11-4-6-12(19-3)7-5-11/h4-7,13H,8-10,15H2,1-3H3/t13-/m1/s1. The number of rotatable bonds is 7. The molecule has 0 saturated carbocycles. The number of amides is 1. The number of likely N-dealkylation sites (N-methyl/N-ethyl adjacent to an activating group) is 1. The van der Waals surface area contributed by atoms with Crippen molar-refractivity contribution in [2.75, 3.05) is 25.3 Å². The smallest absolute Gasteiger partial charge is 0.239 e. The van der Waals surface area contributed by atoms with Gasteiger partial charge in [-0.25, -0.2) is 0 Å². The van der Waals surface area contributed by atoms with Crippen LogP contribution in [0.4, 0.5) is 0 Å². The summed E-state index contributed by atoms with van der Waals surface area (Å²) in [5.74, 6) is 0.936. The minimum absolute atomic E-state index is 0.0167. The van der Waals surface area contributed by atoms with Crippen LogP contribution in [0.3, 0.4) is 0 Å². The van der Waals surface area contributed by atoms with Gasteiger partial charge in [0.15, 0.2) is 0 Å². The topological polar surface area (TPSA) is 46.3 Å². The highest BCUT2D eigenvalue weighted by Crippen LogP contribution is 2.15. The Hall–Kier alpha value is -0.650. The maximum atomic E-state index is 12.1. The summed E-state index contributed by atoms with van der Waals surface area (Å²) in [6.07, 6.45) is 4.80. The maximum absolute atomic E-state index is 12.1. The molecule has 1 rings (SSSR count). The third-order valence-corrected chi connectivity index (χ3v) is 4.29. The summed E-state index contributed by atoms with van der Waals surface area (Å²) in [5.41, 5.74) is 7.03. The Morgan fingerprint density at radius 1 is 1.32 bits per heavy atom. The molecule has 19 heavy (non-hydrogen) atoms. The summed E-state index contributed by atoms with van der Waals surface area (Å²) >= 11 is 3.43. The van der Waals surface area contributed by atoms with E-state index in [1.54, 1.807) is 28.4 Å². The van der Waals surface area contributed by atoms with Crippen LogP contribution in [0.5, 0.6) is 0 Å². The zero-order valence-electron chi connectivity index (χ0n) is 11.8. The molecule has 0 radical (unpaired) electrons. The van der Waals surface area contributed by atoms with Gasteiger partial charge < -0.3 is 10.6 Å². The van der Waals surface area contributed by atoms with E-state index in [0.717, 1.165) is 17.7 Å². The molecule has 1 aromatic carbocycles. The van der Waals surface area contributed by atoms with E-state index in [1.807, 2.05) is 13.3 Å². The number of carbonyl (C=O) groups is 1. The SMILES string of the molecule is CSCC[C@@H](N)C(=O)N(C)Cc1ccc(SC)cc1. The van der Waals surface area contributed by atoms with Crippen molar-refractivity contribution in [1.82, 2.24) is 4.90 Å². The Kier molecular flexibility index (Phi) is 7.34. The van der Waals surface area contributed by atoms with Crippen molar-refractivity contribution < 1.29 is 4.79 Å². The number of hydrogen-bond acceptors (Lipinski definition) is 4. The second kappa shape index (κ2) is 8.51. The summed E-state index contributed by atoms with van der Waals surface area (Å²) in [6, 6.07) is 7.88. The van der Waals surface area contributed by atoms with Gasteiger partial charge in [-0.05, 0) is 42.4 Å². The van der Waals surface area contributed by atoms with Crippen molar-refractivity contribution >= 4 is 29.4 Å². The lowest BCUT2D eigenvalue weighted by Gasteiger charge is -2.21. The normalized spacial score (nSPS) is 12.2. The molecule has 0 saturated heterocycles. The predicted octanol–water partition coefficient (Wildman–Crippen LogP) is 2.45. The lowest BCUT2D eigenvalue weighted by molar-refractivity contribution is -0.131. The molecule has 1 atom stereocenters. The molecule has 3 nitrogen and oxygen atoms in total. The van der Waals surface area contributed by atoms with Gasteiger partial charge in [0.2, 0.25) is 5.91 Å². The summed E-state index contributed by atoms with van der Waals surface area (Å²) in [4.78, 5) is 15.0. The van der Waals surface area contributed by atoms with Gasteiger partial charge in [-0.2, -0.15) is 11.8 Å². The van der Waals surface area contributed by atoms with Crippen LogP contribution >= 0.6 is 23.5 Å². The Balaban J connectivity index is 2.52. The molecule has 0 aliphatic rings. The third kappa shape index (κ3) is 5.47. The van der Waals surface area contributed by atoms with Crippen molar-refractivity contribution in [1.29, 1.82) is 0 Å². The fraction of sp³-hybridized carbons (Fsp3) is 0.500. The van der Waals surface area contributed by atoms with Gasteiger partial charge in [0.25, 0.3) is 0 Å². The first-order valence-electron chi connectivity index (χ1n) is 6.21. The number of carbonyl (C=O) groups excluding carboxylic acids is 1. The lowest BCUT2D eigenvalue weighted by Crippen LogP contribution is -2.41. The van der Waals surface area contributed by atoms with E-state index >= 15 is 0 Å². The summed E-state index contributed by atoms with van der Waals surface area (Å²) in [6.45, 7) is 0.612. The Bertz CT molecular complexity index is 395. The molecule has 5 heteroatoms. The number of nitrogens with zero attached hydrogens (tertiary/aromatic N) is 1. The highest BCUT2D eigenvalue weighted by Gasteiger charge is 2.17. The molecule has 0 unspecified atom stereocenters. The lowest BCUT2D eigenvalue weighted by atomic mass is 10.2. The molecular formula is C14H22N2OS2. The Labute approximate surface area is 124 Å². The van der Waals surface area contributed by atoms with Gasteiger partial charge in [0.1, 0.15) is 0 Å². The fourth-order valence-corrected chi connectivity index (χ4v) is 2.63. The zero-order chi connectivity index (χ0) is 14.3. The molecule has 2 N–H and O–H groups in total. The Morgan fingerprint density at radius 3 is 2.47 bits per heavy atom. The van der Waals surface area contributed by atoms with Crippen LogP contribution in [-0.4, -0.2) is 42.2 Å². The van der Waals surface area contributed by atoms with E-state index in [4.69, 9.17) is 5.73 Å². The van der Waals surface area contributed by atoms with E-state index in [-0.39, 0.29) is 11.9 Å². The Morgan fingerprint density at radius 2 is 1.95 bits per heavy atom. The van der Waals surface area contributed by atoms with E-state index in [2.05, 4.69) is 30.5 Å². The molecular weight excluding hydrogens is 276 g/mol. The van der Waals surface area contributed by atoms with Crippen molar-refractivity contribution in [2.24, 2.45) is 5.73 Å². The van der Waals surface area contributed by atoms with Crippen LogP contribution in [0.25, 0.3) is 0 Å². The molecule has 0 aliphatic carbocycles. The highest BCUT2D eigenvalue weighted by atomic mass is 32.2. The molecule has 1 aromatic rings. The quantitative estimate of drug-likeness (QED) is 0.786. The summed E-state index contributed by atoms with van der Waals surface area (Å²) in [7, 11) is 1.81. The van der Waals surface area contributed by atoms with Gasteiger partial charge in [-0.15, -0.1) is 11.8 Å². The molecule has 0 heterocycles. The van der Waals surface area contributed by atoms with Gasteiger partial charge in [-0.1, -0.05) is 12.1 Å². The number of benzene rings is 1. The molecule has 0 spiro atoms. The van der Waals surface area contributed by atoms with Crippen LogP contribution < -0.4 is 5.73 Å². The van der Waals surface area contributed by atoms with E-state index in [0.29, 0.717) is 6.54 Å². The predicted molar refractivity (Wildman–Crippen MR) is 85.7 cm³/mol. The van der Waals surface area contributed by atoms with E-state index in [1.165, 1.54) is 4.90 Å². The third-order valence-electron chi connectivity index (χ3n) is 2.91. The summed E-state index contributed by atoms with van der Waals surface area (Å²) < 4.78 is 0. The van der Waals surface area contributed by atoms with Crippen LogP contribution in [0.15, 0.2) is 29.2 Å². The molecule has 0 aromatic heterocycles. The van der Waals surface area contributed by atoms with Gasteiger partial charge in [0, 0.05) is 18.5 Å². The second-order valence-electron chi connectivity index (χ2n) is 4.43. The zero-order valence-corrected chi connectivity index (χ0v) is 13.4. The van der Waals surface area contributed by atoms with Gasteiger partial charge in [0.05, 0.1) is 6.04 Å². The summed E-state index contributed by atoms with van der Waals surface area (Å²) in [5, 5.41) is 0. The van der Waals surface area contributed by atoms with Gasteiger partial charge in [-0.3, -0.25) is 4.79 Å². The average molecular weight is 298 g/mol. The largest absolute Gasteiger partial charge is 0.340 e. The number of hydrogen-bond donors (Lipinski definition) is 1. The monoisotopic (exact) mass is 298 g/mol. The van der Waals surface area contributed by atoms with Crippen LogP contribution in [0, 0.1) is 0 Å².